The Bertz CT molecular complexity index is 473. The molecule has 1 saturated carbocycles. The molecule has 1 saturated heterocycles. The molecule has 96 valence electrons. The fourth-order valence-electron chi connectivity index (χ4n) is 2.41. The SMILES string of the molecule is O=C(c1ccc(C(F)(F)F)cn1)N1CC2CC2C1. The number of carbonyl (C=O) groups is 1. The molecule has 2 heterocycles. The lowest BCUT2D eigenvalue weighted by Crippen LogP contribution is -2.31. The van der Waals surface area contributed by atoms with Gasteiger partial charge < -0.3 is 4.90 Å². The summed E-state index contributed by atoms with van der Waals surface area (Å²) in [4.78, 5) is 17.2. The minimum Gasteiger partial charge on any atom is -0.337 e. The summed E-state index contributed by atoms with van der Waals surface area (Å²) in [5, 5.41) is 0. The number of rotatable bonds is 1. The van der Waals surface area contributed by atoms with Crippen LogP contribution in [-0.4, -0.2) is 28.9 Å². The van der Waals surface area contributed by atoms with Gasteiger partial charge in [-0.05, 0) is 30.4 Å². The molecule has 0 aromatic carbocycles. The van der Waals surface area contributed by atoms with Gasteiger partial charge in [0.15, 0.2) is 0 Å². The molecular weight excluding hydrogens is 245 g/mol. The Kier molecular flexibility index (Phi) is 2.36. The normalized spacial score (nSPS) is 26.1. The van der Waals surface area contributed by atoms with Crippen molar-refractivity contribution in [3.8, 4) is 0 Å². The van der Waals surface area contributed by atoms with E-state index in [1.807, 2.05) is 0 Å². The van der Waals surface area contributed by atoms with Crippen LogP contribution in [-0.2, 0) is 6.18 Å². The Morgan fingerprint density at radius 3 is 2.44 bits per heavy atom. The first-order chi connectivity index (χ1) is 8.45. The van der Waals surface area contributed by atoms with Gasteiger partial charge in [0.2, 0.25) is 0 Å². The highest BCUT2D eigenvalue weighted by molar-refractivity contribution is 5.92. The molecule has 2 aliphatic rings. The average molecular weight is 256 g/mol. The number of alkyl halides is 3. The van der Waals surface area contributed by atoms with E-state index in [1.54, 1.807) is 4.90 Å². The van der Waals surface area contributed by atoms with Crippen LogP contribution in [0.3, 0.4) is 0 Å². The third-order valence-corrected chi connectivity index (χ3v) is 3.58. The van der Waals surface area contributed by atoms with Gasteiger partial charge in [0, 0.05) is 19.3 Å². The molecule has 18 heavy (non-hydrogen) atoms. The van der Waals surface area contributed by atoms with Crippen molar-refractivity contribution in [3.63, 3.8) is 0 Å². The summed E-state index contributed by atoms with van der Waals surface area (Å²) in [5.41, 5.74) is -0.743. The van der Waals surface area contributed by atoms with Crippen molar-refractivity contribution in [3.05, 3.63) is 29.6 Å². The van der Waals surface area contributed by atoms with Crippen LogP contribution >= 0.6 is 0 Å². The topological polar surface area (TPSA) is 33.2 Å². The molecule has 1 aliphatic heterocycles. The van der Waals surface area contributed by atoms with Gasteiger partial charge in [-0.1, -0.05) is 0 Å². The van der Waals surface area contributed by atoms with E-state index in [1.165, 1.54) is 6.42 Å². The number of hydrogen-bond acceptors (Lipinski definition) is 2. The molecule has 1 amide bonds. The number of aromatic nitrogens is 1. The van der Waals surface area contributed by atoms with Crippen molar-refractivity contribution >= 4 is 5.91 Å². The molecular formula is C12H11F3N2O. The van der Waals surface area contributed by atoms with Crippen LogP contribution in [0.25, 0.3) is 0 Å². The molecule has 3 nitrogen and oxygen atoms in total. The number of fused-ring (bicyclic) bond motifs is 1. The minimum absolute atomic E-state index is 0.0873. The van der Waals surface area contributed by atoms with Crippen LogP contribution in [0, 0.1) is 11.8 Å². The molecule has 0 radical (unpaired) electrons. The zero-order valence-electron chi connectivity index (χ0n) is 9.44. The number of likely N-dealkylation sites (tertiary alicyclic amines) is 1. The van der Waals surface area contributed by atoms with Crippen molar-refractivity contribution in [2.45, 2.75) is 12.6 Å². The molecule has 1 aliphatic carbocycles. The molecule has 2 fully saturated rings. The van der Waals surface area contributed by atoms with E-state index in [9.17, 15) is 18.0 Å². The lowest BCUT2D eigenvalue weighted by molar-refractivity contribution is -0.137. The number of nitrogens with zero attached hydrogens (tertiary/aromatic N) is 2. The third kappa shape index (κ3) is 1.95. The van der Waals surface area contributed by atoms with E-state index in [4.69, 9.17) is 0 Å². The van der Waals surface area contributed by atoms with Gasteiger partial charge in [-0.25, -0.2) is 0 Å². The highest BCUT2D eigenvalue weighted by atomic mass is 19.4. The maximum Gasteiger partial charge on any atom is 0.417 e. The summed E-state index contributed by atoms with van der Waals surface area (Å²) < 4.78 is 37.0. The first-order valence-corrected chi connectivity index (χ1v) is 5.77. The summed E-state index contributed by atoms with van der Waals surface area (Å²) in [7, 11) is 0. The fourth-order valence-corrected chi connectivity index (χ4v) is 2.41. The molecule has 2 atom stereocenters. The highest BCUT2D eigenvalue weighted by Gasteiger charge is 2.46. The van der Waals surface area contributed by atoms with Crippen molar-refractivity contribution in [1.82, 2.24) is 9.88 Å². The molecule has 6 heteroatoms. The molecule has 0 N–H and O–H groups in total. The number of hydrogen-bond donors (Lipinski definition) is 0. The molecule has 3 rings (SSSR count). The van der Waals surface area contributed by atoms with Crippen LogP contribution in [0.2, 0.25) is 0 Å². The van der Waals surface area contributed by atoms with E-state index in [0.29, 0.717) is 31.1 Å². The Hall–Kier alpha value is -1.59. The predicted octanol–water partition coefficient (Wildman–Crippen LogP) is 2.19. The summed E-state index contributed by atoms with van der Waals surface area (Å²) >= 11 is 0. The first kappa shape index (κ1) is 11.5. The largest absolute Gasteiger partial charge is 0.417 e. The lowest BCUT2D eigenvalue weighted by atomic mass is 10.2. The number of pyridine rings is 1. The van der Waals surface area contributed by atoms with Crippen molar-refractivity contribution < 1.29 is 18.0 Å². The number of amides is 1. The van der Waals surface area contributed by atoms with Gasteiger partial charge in [-0.15, -0.1) is 0 Å². The standard InChI is InChI=1S/C12H11F3N2O/c13-12(14,15)9-1-2-10(16-4-9)11(18)17-5-7-3-8(7)6-17/h1-2,4,7-8H,3,5-6H2. The Morgan fingerprint density at radius 1 is 1.28 bits per heavy atom. The highest BCUT2D eigenvalue weighted by Crippen LogP contribution is 2.45. The number of piperidine rings is 1. The zero-order chi connectivity index (χ0) is 12.9. The number of carbonyl (C=O) groups excluding carboxylic acids is 1. The summed E-state index contributed by atoms with van der Waals surface area (Å²) in [6.45, 7) is 1.43. The van der Waals surface area contributed by atoms with Gasteiger partial charge in [-0.3, -0.25) is 9.78 Å². The van der Waals surface area contributed by atoms with Crippen molar-refractivity contribution in [2.24, 2.45) is 11.8 Å². The van der Waals surface area contributed by atoms with E-state index in [-0.39, 0.29) is 11.6 Å². The Balaban J connectivity index is 1.74. The Labute approximate surface area is 102 Å². The molecule has 2 unspecified atom stereocenters. The van der Waals surface area contributed by atoms with E-state index in [0.717, 1.165) is 12.1 Å². The van der Waals surface area contributed by atoms with Crippen molar-refractivity contribution in [2.75, 3.05) is 13.1 Å². The summed E-state index contributed by atoms with van der Waals surface area (Å²) in [6, 6.07) is 2.05. The molecule has 1 aromatic rings. The van der Waals surface area contributed by atoms with Crippen LogP contribution in [0.5, 0.6) is 0 Å². The van der Waals surface area contributed by atoms with Crippen LogP contribution in [0.4, 0.5) is 13.2 Å². The molecule has 0 bridgehead atoms. The zero-order valence-corrected chi connectivity index (χ0v) is 9.44. The smallest absolute Gasteiger partial charge is 0.337 e. The minimum atomic E-state index is -4.41. The maximum absolute atomic E-state index is 12.3. The fraction of sp³-hybridized carbons (Fsp3) is 0.500. The van der Waals surface area contributed by atoms with Crippen LogP contribution in [0.15, 0.2) is 18.3 Å². The predicted molar refractivity (Wildman–Crippen MR) is 56.7 cm³/mol. The van der Waals surface area contributed by atoms with Gasteiger partial charge >= 0.3 is 6.18 Å². The van der Waals surface area contributed by atoms with E-state index >= 15 is 0 Å². The van der Waals surface area contributed by atoms with Gasteiger partial charge in [-0.2, -0.15) is 13.2 Å². The summed E-state index contributed by atoms with van der Waals surface area (Å²) in [5.74, 6) is 0.933. The maximum atomic E-state index is 12.3. The second kappa shape index (κ2) is 3.70. The lowest BCUT2D eigenvalue weighted by Gasteiger charge is -2.17. The summed E-state index contributed by atoms with van der Waals surface area (Å²) in [6.07, 6.45) is -2.53. The van der Waals surface area contributed by atoms with Gasteiger partial charge in [0.05, 0.1) is 5.56 Å². The first-order valence-electron chi connectivity index (χ1n) is 5.77. The second-order valence-electron chi connectivity index (χ2n) is 4.90. The third-order valence-electron chi connectivity index (χ3n) is 3.58. The molecule has 1 aromatic heterocycles. The van der Waals surface area contributed by atoms with Gasteiger partial charge in [0.25, 0.3) is 5.91 Å². The van der Waals surface area contributed by atoms with Crippen LogP contribution in [0.1, 0.15) is 22.5 Å². The second-order valence-corrected chi connectivity index (χ2v) is 4.90. The Morgan fingerprint density at radius 2 is 1.94 bits per heavy atom. The van der Waals surface area contributed by atoms with Gasteiger partial charge in [0.1, 0.15) is 5.69 Å². The van der Waals surface area contributed by atoms with E-state index in [2.05, 4.69) is 4.98 Å². The average Bonchev–Trinajstić information content (AvgIpc) is 2.94. The van der Waals surface area contributed by atoms with Crippen molar-refractivity contribution in [1.29, 1.82) is 0 Å². The molecule has 0 spiro atoms. The van der Waals surface area contributed by atoms with Crippen LogP contribution < -0.4 is 0 Å². The van der Waals surface area contributed by atoms with E-state index < -0.39 is 11.7 Å². The monoisotopic (exact) mass is 256 g/mol. The quantitative estimate of drug-likeness (QED) is 0.771. The number of halogens is 3.